The molecule has 5 nitrogen and oxygen atoms in total. The Balaban J connectivity index is 4.19. The molecule has 5 heteroatoms. The van der Waals surface area contributed by atoms with Gasteiger partial charge in [0.05, 0.1) is 6.61 Å². The van der Waals surface area contributed by atoms with E-state index in [-0.39, 0.29) is 6.61 Å². The first-order valence-corrected chi connectivity index (χ1v) is 4.36. The summed E-state index contributed by atoms with van der Waals surface area (Å²) in [4.78, 5) is 22.1. The Morgan fingerprint density at radius 3 is 2.50 bits per heavy atom. The molecule has 14 heavy (non-hydrogen) atoms. The number of carbonyl (C=O) groups is 2. The average molecular weight is 201 g/mol. The predicted octanol–water partition coefficient (Wildman–Crippen LogP) is 0.214. The smallest absolute Gasteiger partial charge is 0.356 e. The van der Waals surface area contributed by atoms with Crippen LogP contribution in [0.15, 0.2) is 12.7 Å². The van der Waals surface area contributed by atoms with Crippen LogP contribution >= 0.6 is 0 Å². The Bertz CT molecular complexity index is 215. The predicted molar refractivity (Wildman–Crippen MR) is 50.4 cm³/mol. The molecule has 0 radical (unpaired) electrons. The van der Waals surface area contributed by atoms with Gasteiger partial charge in [-0.2, -0.15) is 0 Å². The molecule has 0 aromatic rings. The number of hydrogen-bond donors (Lipinski definition) is 1. The van der Waals surface area contributed by atoms with Gasteiger partial charge in [0.1, 0.15) is 0 Å². The highest BCUT2D eigenvalue weighted by Crippen LogP contribution is 1.92. The highest BCUT2D eigenvalue weighted by atomic mass is 16.6. The van der Waals surface area contributed by atoms with Gasteiger partial charge in [-0.25, -0.2) is 4.79 Å². The van der Waals surface area contributed by atoms with Crippen molar-refractivity contribution in [2.45, 2.75) is 20.1 Å². The largest absolute Gasteiger partial charge is 0.463 e. The van der Waals surface area contributed by atoms with E-state index in [2.05, 4.69) is 16.6 Å². The molecule has 0 aliphatic heterocycles. The Morgan fingerprint density at radius 2 is 2.07 bits per heavy atom. The van der Waals surface area contributed by atoms with Crippen molar-refractivity contribution < 1.29 is 19.1 Å². The molecule has 1 atom stereocenters. The molecule has 0 spiro atoms. The Hall–Kier alpha value is -1.36. The molecular formula is C9H15NO4. The second-order valence-corrected chi connectivity index (χ2v) is 2.30. The first kappa shape index (κ1) is 12.6. The SMILES string of the molecule is C=CC(=O)NC(OCC)C(=O)OCC. The fourth-order valence-corrected chi connectivity index (χ4v) is 0.741. The van der Waals surface area contributed by atoms with Crippen molar-refractivity contribution in [1.29, 1.82) is 0 Å². The fraction of sp³-hybridized carbons (Fsp3) is 0.556. The van der Waals surface area contributed by atoms with Crippen molar-refractivity contribution >= 4 is 11.9 Å². The molecule has 0 fully saturated rings. The molecule has 0 heterocycles. The summed E-state index contributed by atoms with van der Waals surface area (Å²) in [5.41, 5.74) is 0. The zero-order valence-corrected chi connectivity index (χ0v) is 8.41. The highest BCUT2D eigenvalue weighted by Gasteiger charge is 2.20. The van der Waals surface area contributed by atoms with E-state index >= 15 is 0 Å². The lowest BCUT2D eigenvalue weighted by Gasteiger charge is -2.15. The number of esters is 1. The van der Waals surface area contributed by atoms with Gasteiger partial charge in [-0.05, 0) is 19.9 Å². The van der Waals surface area contributed by atoms with Crippen LogP contribution in [0.4, 0.5) is 0 Å². The maximum absolute atomic E-state index is 11.2. The first-order chi connectivity index (χ1) is 6.65. The topological polar surface area (TPSA) is 64.6 Å². The molecule has 1 N–H and O–H groups in total. The lowest BCUT2D eigenvalue weighted by atomic mass is 10.5. The molecule has 0 saturated carbocycles. The number of amides is 1. The summed E-state index contributed by atoms with van der Waals surface area (Å²) in [7, 11) is 0. The van der Waals surface area contributed by atoms with Gasteiger partial charge in [-0.15, -0.1) is 0 Å². The van der Waals surface area contributed by atoms with Crippen molar-refractivity contribution in [3.63, 3.8) is 0 Å². The summed E-state index contributed by atoms with van der Waals surface area (Å²) in [5, 5.41) is 2.30. The second kappa shape index (κ2) is 7.08. The minimum absolute atomic E-state index is 0.242. The lowest BCUT2D eigenvalue weighted by molar-refractivity contribution is -0.160. The van der Waals surface area contributed by atoms with Gasteiger partial charge in [0.25, 0.3) is 0 Å². The monoisotopic (exact) mass is 201 g/mol. The molecule has 0 aliphatic rings. The maximum atomic E-state index is 11.2. The molecule has 80 valence electrons. The second-order valence-electron chi connectivity index (χ2n) is 2.30. The van der Waals surface area contributed by atoms with Crippen molar-refractivity contribution in [3.8, 4) is 0 Å². The maximum Gasteiger partial charge on any atom is 0.356 e. The third-order valence-corrected chi connectivity index (χ3v) is 1.29. The van der Waals surface area contributed by atoms with Gasteiger partial charge in [0, 0.05) is 6.61 Å². The van der Waals surface area contributed by atoms with Gasteiger partial charge >= 0.3 is 5.97 Å². The summed E-state index contributed by atoms with van der Waals surface area (Å²) >= 11 is 0. The quantitative estimate of drug-likeness (QED) is 0.379. The molecule has 0 saturated heterocycles. The third-order valence-electron chi connectivity index (χ3n) is 1.29. The molecule has 0 aromatic heterocycles. The summed E-state index contributed by atoms with van der Waals surface area (Å²) < 4.78 is 9.66. The van der Waals surface area contributed by atoms with E-state index in [1.165, 1.54) is 0 Å². The minimum atomic E-state index is -1.05. The van der Waals surface area contributed by atoms with Gasteiger partial charge in [-0.3, -0.25) is 4.79 Å². The number of hydrogen-bond acceptors (Lipinski definition) is 4. The Kier molecular flexibility index (Phi) is 6.39. The van der Waals surface area contributed by atoms with E-state index in [1.54, 1.807) is 13.8 Å². The average Bonchev–Trinajstić information content (AvgIpc) is 2.17. The number of ether oxygens (including phenoxy) is 2. The summed E-state index contributed by atoms with van der Waals surface area (Å²) in [6.07, 6.45) is 0.0103. The zero-order chi connectivity index (χ0) is 11.0. The third kappa shape index (κ3) is 4.61. The van der Waals surface area contributed by atoms with Gasteiger partial charge < -0.3 is 14.8 Å². The summed E-state index contributed by atoms with van der Waals surface area (Å²) in [5.74, 6) is -1.08. The van der Waals surface area contributed by atoms with Crippen LogP contribution in [0.1, 0.15) is 13.8 Å². The molecule has 0 aromatic carbocycles. The molecule has 0 rings (SSSR count). The van der Waals surface area contributed by atoms with Crippen LogP contribution in [0.5, 0.6) is 0 Å². The molecule has 0 bridgehead atoms. The standard InChI is InChI=1S/C9H15NO4/c1-4-7(11)10-8(13-5-2)9(12)14-6-3/h4,8H,1,5-6H2,2-3H3,(H,10,11). The number of carbonyl (C=O) groups excluding carboxylic acids is 2. The van der Waals surface area contributed by atoms with E-state index in [0.29, 0.717) is 6.61 Å². The molecule has 1 amide bonds. The molecular weight excluding hydrogens is 186 g/mol. The first-order valence-electron chi connectivity index (χ1n) is 4.36. The van der Waals surface area contributed by atoms with Crippen molar-refractivity contribution in [1.82, 2.24) is 5.32 Å². The van der Waals surface area contributed by atoms with Crippen LogP contribution in [0.25, 0.3) is 0 Å². The minimum Gasteiger partial charge on any atom is -0.463 e. The lowest BCUT2D eigenvalue weighted by Crippen LogP contribution is -2.43. The van der Waals surface area contributed by atoms with E-state index < -0.39 is 18.1 Å². The van der Waals surface area contributed by atoms with E-state index in [0.717, 1.165) is 6.08 Å². The van der Waals surface area contributed by atoms with Crippen LogP contribution in [-0.4, -0.2) is 31.3 Å². The summed E-state index contributed by atoms with van der Waals surface area (Å²) in [6.45, 7) is 7.20. The number of rotatable bonds is 6. The normalized spacial score (nSPS) is 11.6. The van der Waals surface area contributed by atoms with Crippen LogP contribution in [-0.2, 0) is 19.1 Å². The van der Waals surface area contributed by atoms with Crippen LogP contribution in [0, 0.1) is 0 Å². The van der Waals surface area contributed by atoms with Crippen molar-refractivity contribution in [2.24, 2.45) is 0 Å². The van der Waals surface area contributed by atoms with Crippen molar-refractivity contribution in [2.75, 3.05) is 13.2 Å². The molecule has 0 aliphatic carbocycles. The Morgan fingerprint density at radius 1 is 1.43 bits per heavy atom. The van der Waals surface area contributed by atoms with E-state index in [4.69, 9.17) is 4.74 Å². The summed E-state index contributed by atoms with van der Waals surface area (Å²) in [6, 6.07) is 0. The van der Waals surface area contributed by atoms with Gasteiger partial charge in [0.15, 0.2) is 0 Å². The van der Waals surface area contributed by atoms with Gasteiger partial charge in [0.2, 0.25) is 12.1 Å². The van der Waals surface area contributed by atoms with Crippen LogP contribution < -0.4 is 5.32 Å². The molecule has 1 unspecified atom stereocenters. The van der Waals surface area contributed by atoms with Gasteiger partial charge in [-0.1, -0.05) is 6.58 Å². The van der Waals surface area contributed by atoms with Crippen LogP contribution in [0.2, 0.25) is 0 Å². The highest BCUT2D eigenvalue weighted by molar-refractivity contribution is 5.90. The fourth-order valence-electron chi connectivity index (χ4n) is 0.741. The Labute approximate surface area is 83.1 Å². The van der Waals surface area contributed by atoms with Crippen LogP contribution in [0.3, 0.4) is 0 Å². The van der Waals surface area contributed by atoms with E-state index in [1.807, 2.05) is 0 Å². The van der Waals surface area contributed by atoms with Crippen molar-refractivity contribution in [3.05, 3.63) is 12.7 Å². The number of nitrogens with one attached hydrogen (secondary N) is 1. The van der Waals surface area contributed by atoms with E-state index in [9.17, 15) is 9.59 Å². The zero-order valence-electron chi connectivity index (χ0n) is 8.41.